The molecule has 0 aromatic heterocycles. The van der Waals surface area contributed by atoms with Crippen LogP contribution in [0, 0.1) is 6.92 Å². The Balaban J connectivity index is 1.22. The summed E-state index contributed by atoms with van der Waals surface area (Å²) in [6.07, 6.45) is 2.58. The van der Waals surface area contributed by atoms with Crippen LogP contribution in [0.25, 0.3) is 6.08 Å². The molecular weight excluding hydrogens is 446 g/mol. The third-order valence-electron chi connectivity index (χ3n) is 6.59. The van der Waals surface area contributed by atoms with Gasteiger partial charge in [0.1, 0.15) is 24.0 Å². The molecule has 3 aliphatic heterocycles. The van der Waals surface area contributed by atoms with E-state index in [0.29, 0.717) is 36.1 Å². The van der Waals surface area contributed by atoms with E-state index in [2.05, 4.69) is 11.0 Å². The van der Waals surface area contributed by atoms with Crippen molar-refractivity contribution in [3.63, 3.8) is 0 Å². The van der Waals surface area contributed by atoms with Crippen molar-refractivity contribution < 1.29 is 28.5 Å². The average Bonchev–Trinajstić information content (AvgIpc) is 3.47. The summed E-state index contributed by atoms with van der Waals surface area (Å²) in [7, 11) is 1.69. The first-order valence-corrected chi connectivity index (χ1v) is 11.6. The number of methoxy groups -OCH3 is 1. The van der Waals surface area contributed by atoms with E-state index >= 15 is 0 Å². The number of hydrogen-bond acceptors (Lipinski definition) is 7. The molecule has 0 radical (unpaired) electrons. The lowest BCUT2D eigenvalue weighted by Gasteiger charge is -2.30. The molecule has 0 saturated heterocycles. The molecule has 35 heavy (non-hydrogen) atoms. The summed E-state index contributed by atoms with van der Waals surface area (Å²) in [5, 5.41) is 0. The minimum absolute atomic E-state index is 0.130. The summed E-state index contributed by atoms with van der Waals surface area (Å²) in [5.41, 5.74) is 4.39. The van der Waals surface area contributed by atoms with Gasteiger partial charge in [0.15, 0.2) is 17.3 Å². The lowest BCUT2D eigenvalue weighted by Crippen LogP contribution is -2.34. The molecule has 7 nitrogen and oxygen atoms in total. The van der Waals surface area contributed by atoms with Crippen LogP contribution in [-0.2, 0) is 13.0 Å². The van der Waals surface area contributed by atoms with Gasteiger partial charge in [-0.2, -0.15) is 0 Å². The molecule has 0 atom stereocenters. The van der Waals surface area contributed by atoms with Crippen molar-refractivity contribution in [2.75, 3.05) is 27.2 Å². The number of nitrogens with zero attached hydrogens (tertiary/aromatic N) is 1. The standard InChI is InChI=1S/C28H25NO6/c1-17-27-20(14-29(15-32-27)10-9-19-5-3-4-6-22(19)31-2)13-21-26(30)25(35-28(17)21)12-18-7-8-23-24(11-18)34-16-33-23/h3-8,11-13H,9-10,14-16H2,1-2H3/b25-12-. The highest BCUT2D eigenvalue weighted by Crippen LogP contribution is 2.43. The van der Waals surface area contributed by atoms with Crippen molar-refractivity contribution in [1.29, 1.82) is 0 Å². The highest BCUT2D eigenvalue weighted by molar-refractivity contribution is 6.15. The quantitative estimate of drug-likeness (QED) is 0.498. The van der Waals surface area contributed by atoms with E-state index in [9.17, 15) is 4.79 Å². The van der Waals surface area contributed by atoms with Crippen LogP contribution >= 0.6 is 0 Å². The number of rotatable bonds is 5. The average molecular weight is 472 g/mol. The van der Waals surface area contributed by atoms with E-state index < -0.39 is 0 Å². The highest BCUT2D eigenvalue weighted by Gasteiger charge is 2.33. The van der Waals surface area contributed by atoms with Crippen LogP contribution in [0.5, 0.6) is 28.7 Å². The minimum Gasteiger partial charge on any atom is -0.496 e. The van der Waals surface area contributed by atoms with Gasteiger partial charge in [-0.15, -0.1) is 0 Å². The first kappa shape index (κ1) is 21.6. The van der Waals surface area contributed by atoms with Crippen molar-refractivity contribution in [3.8, 4) is 28.7 Å². The van der Waals surface area contributed by atoms with Gasteiger partial charge < -0.3 is 23.7 Å². The van der Waals surface area contributed by atoms with Gasteiger partial charge in [-0.25, -0.2) is 0 Å². The molecule has 0 unspecified atom stereocenters. The summed E-state index contributed by atoms with van der Waals surface area (Å²) in [5.74, 6) is 3.79. The first-order chi connectivity index (χ1) is 17.1. The zero-order chi connectivity index (χ0) is 23.9. The Morgan fingerprint density at radius 3 is 2.77 bits per heavy atom. The summed E-state index contributed by atoms with van der Waals surface area (Å²) >= 11 is 0. The second kappa shape index (κ2) is 8.67. The van der Waals surface area contributed by atoms with Crippen molar-refractivity contribution in [1.82, 2.24) is 4.90 Å². The highest BCUT2D eigenvalue weighted by atomic mass is 16.7. The molecule has 3 aromatic carbocycles. The van der Waals surface area contributed by atoms with Gasteiger partial charge in [0.2, 0.25) is 12.6 Å². The molecule has 0 bridgehead atoms. The number of benzene rings is 3. The second-order valence-electron chi connectivity index (χ2n) is 8.81. The summed E-state index contributed by atoms with van der Waals surface area (Å²) in [6.45, 7) is 4.15. The van der Waals surface area contributed by atoms with Gasteiger partial charge in [0.05, 0.1) is 12.7 Å². The normalized spacial score (nSPS) is 17.1. The number of carbonyl (C=O) groups is 1. The topological polar surface area (TPSA) is 66.5 Å². The lowest BCUT2D eigenvalue weighted by molar-refractivity contribution is 0.0952. The Hall–Kier alpha value is -3.97. The molecule has 3 aliphatic rings. The molecule has 0 saturated carbocycles. The summed E-state index contributed by atoms with van der Waals surface area (Å²) < 4.78 is 28.4. The van der Waals surface area contributed by atoms with E-state index in [1.807, 2.05) is 49.4 Å². The fraction of sp³-hybridized carbons (Fsp3) is 0.250. The van der Waals surface area contributed by atoms with E-state index in [0.717, 1.165) is 46.7 Å². The molecule has 3 aromatic rings. The van der Waals surface area contributed by atoms with Gasteiger partial charge in [0.25, 0.3) is 0 Å². The van der Waals surface area contributed by atoms with E-state index in [1.165, 1.54) is 0 Å². The number of carbonyl (C=O) groups excluding carboxylic acids is 1. The van der Waals surface area contributed by atoms with Crippen LogP contribution in [0.15, 0.2) is 54.3 Å². The molecular formula is C28H25NO6. The molecule has 0 N–H and O–H groups in total. The van der Waals surface area contributed by atoms with Gasteiger partial charge >= 0.3 is 0 Å². The number of ether oxygens (including phenoxy) is 5. The van der Waals surface area contributed by atoms with Crippen molar-refractivity contribution in [3.05, 3.63) is 82.1 Å². The van der Waals surface area contributed by atoms with Crippen LogP contribution < -0.4 is 23.7 Å². The third-order valence-corrected chi connectivity index (χ3v) is 6.59. The van der Waals surface area contributed by atoms with E-state index in [1.54, 1.807) is 13.2 Å². The predicted molar refractivity (Wildman–Crippen MR) is 129 cm³/mol. The zero-order valence-electron chi connectivity index (χ0n) is 19.6. The van der Waals surface area contributed by atoms with Crippen molar-refractivity contribution >= 4 is 11.9 Å². The van der Waals surface area contributed by atoms with Gasteiger partial charge in [-0.05, 0) is 54.8 Å². The smallest absolute Gasteiger partial charge is 0.231 e. The molecule has 3 heterocycles. The Labute approximate surface area is 203 Å². The molecule has 0 amide bonds. The number of para-hydroxylation sites is 1. The molecule has 0 fully saturated rings. The summed E-state index contributed by atoms with van der Waals surface area (Å²) in [6, 6.07) is 15.5. The Bertz CT molecular complexity index is 1360. The van der Waals surface area contributed by atoms with Crippen LogP contribution in [0.1, 0.15) is 32.6 Å². The second-order valence-corrected chi connectivity index (χ2v) is 8.81. The maximum Gasteiger partial charge on any atom is 0.231 e. The van der Waals surface area contributed by atoms with Gasteiger partial charge in [-0.3, -0.25) is 9.69 Å². The largest absolute Gasteiger partial charge is 0.496 e. The maximum atomic E-state index is 13.2. The fourth-order valence-electron chi connectivity index (χ4n) is 4.78. The SMILES string of the molecule is COc1ccccc1CCN1COc2c(cc3c(c2C)O/C(=C\c2ccc4c(c2)OCO4)C3=O)C1. The first-order valence-electron chi connectivity index (χ1n) is 11.6. The number of Topliss-reactive ketones (excluding diaryl/α,β-unsaturated/α-hetero) is 1. The number of hydrogen-bond donors (Lipinski definition) is 0. The van der Waals surface area contributed by atoms with Crippen LogP contribution in [-0.4, -0.2) is 37.9 Å². The van der Waals surface area contributed by atoms with Gasteiger partial charge in [-0.1, -0.05) is 24.3 Å². The van der Waals surface area contributed by atoms with Crippen LogP contribution in [0.2, 0.25) is 0 Å². The molecule has 0 aliphatic carbocycles. The summed E-state index contributed by atoms with van der Waals surface area (Å²) in [4.78, 5) is 15.4. The van der Waals surface area contributed by atoms with Gasteiger partial charge in [0, 0.05) is 24.2 Å². The molecule has 7 heteroatoms. The van der Waals surface area contributed by atoms with E-state index in [-0.39, 0.29) is 18.3 Å². The Kier molecular flexibility index (Phi) is 5.34. The van der Waals surface area contributed by atoms with Crippen LogP contribution in [0.4, 0.5) is 0 Å². The minimum atomic E-state index is -0.130. The Morgan fingerprint density at radius 2 is 1.89 bits per heavy atom. The number of ketones is 1. The molecule has 0 spiro atoms. The van der Waals surface area contributed by atoms with Crippen molar-refractivity contribution in [2.45, 2.75) is 19.9 Å². The molecule has 178 valence electrons. The zero-order valence-corrected chi connectivity index (χ0v) is 19.6. The van der Waals surface area contributed by atoms with Crippen molar-refractivity contribution in [2.24, 2.45) is 0 Å². The third kappa shape index (κ3) is 3.88. The van der Waals surface area contributed by atoms with E-state index in [4.69, 9.17) is 23.7 Å². The number of fused-ring (bicyclic) bond motifs is 3. The number of allylic oxidation sites excluding steroid dienone is 1. The lowest BCUT2D eigenvalue weighted by atomic mass is 9.99. The van der Waals surface area contributed by atoms with Crippen LogP contribution in [0.3, 0.4) is 0 Å². The fourth-order valence-corrected chi connectivity index (χ4v) is 4.78. The Morgan fingerprint density at radius 1 is 1.03 bits per heavy atom. The monoisotopic (exact) mass is 471 g/mol. The maximum absolute atomic E-state index is 13.2. The predicted octanol–water partition coefficient (Wildman–Crippen LogP) is 4.74. The molecule has 6 rings (SSSR count).